The average molecular weight is 317 g/mol. The Morgan fingerprint density at radius 2 is 2.05 bits per heavy atom. The van der Waals surface area contributed by atoms with Crippen LogP contribution in [-0.2, 0) is 0 Å². The summed E-state index contributed by atoms with van der Waals surface area (Å²) in [5.41, 5.74) is 0. The van der Waals surface area contributed by atoms with Crippen molar-refractivity contribution in [2.45, 2.75) is 17.1 Å². The molecule has 0 bridgehead atoms. The molecule has 19 heavy (non-hydrogen) atoms. The van der Waals surface area contributed by atoms with Crippen molar-refractivity contribution in [2.24, 2.45) is 0 Å². The highest BCUT2D eigenvalue weighted by Gasteiger charge is 2.16. The number of carboxylic acid groups (broad SMARTS) is 1. The van der Waals surface area contributed by atoms with Gasteiger partial charge in [-0.05, 0) is 37.3 Å². The van der Waals surface area contributed by atoms with Crippen LogP contribution in [0.4, 0.5) is 0 Å². The van der Waals surface area contributed by atoms with Gasteiger partial charge in [0.15, 0.2) is 0 Å². The molecule has 2 rings (SSSR count). The van der Waals surface area contributed by atoms with Gasteiger partial charge in [-0.25, -0.2) is 4.79 Å². The zero-order valence-corrected chi connectivity index (χ0v) is 12.2. The number of furan rings is 1. The van der Waals surface area contributed by atoms with E-state index in [1.165, 1.54) is 17.8 Å². The van der Waals surface area contributed by atoms with E-state index in [2.05, 4.69) is 0 Å². The largest absolute Gasteiger partial charge is 0.475 e. The molecule has 1 aromatic carbocycles. The van der Waals surface area contributed by atoms with Gasteiger partial charge < -0.3 is 9.52 Å². The Bertz CT molecular complexity index is 610. The number of hydrogen-bond donors (Lipinski definition) is 1. The molecule has 0 saturated carbocycles. The van der Waals surface area contributed by atoms with E-state index in [-0.39, 0.29) is 11.0 Å². The van der Waals surface area contributed by atoms with Crippen LogP contribution in [0.25, 0.3) is 0 Å². The van der Waals surface area contributed by atoms with E-state index in [1.54, 1.807) is 18.2 Å². The third-order valence-electron chi connectivity index (χ3n) is 2.44. The molecule has 0 fully saturated rings. The molecule has 1 atom stereocenters. The van der Waals surface area contributed by atoms with Crippen LogP contribution >= 0.6 is 35.0 Å². The number of rotatable bonds is 4. The van der Waals surface area contributed by atoms with Crippen molar-refractivity contribution in [1.29, 1.82) is 0 Å². The summed E-state index contributed by atoms with van der Waals surface area (Å²) in [6, 6.07) is 8.35. The maximum atomic E-state index is 10.8. The summed E-state index contributed by atoms with van der Waals surface area (Å²) in [7, 11) is 0. The third-order valence-corrected chi connectivity index (χ3v) is 4.29. The van der Waals surface area contributed by atoms with Gasteiger partial charge in [0.05, 0.1) is 10.3 Å². The maximum Gasteiger partial charge on any atom is 0.371 e. The lowest BCUT2D eigenvalue weighted by Crippen LogP contribution is -1.92. The van der Waals surface area contributed by atoms with Gasteiger partial charge in [-0.15, -0.1) is 11.8 Å². The number of hydrogen-bond acceptors (Lipinski definition) is 3. The van der Waals surface area contributed by atoms with Crippen LogP contribution in [0, 0.1) is 0 Å². The molecule has 0 aliphatic heterocycles. The summed E-state index contributed by atoms with van der Waals surface area (Å²) in [5.74, 6) is -0.550. The molecular weight excluding hydrogens is 307 g/mol. The highest BCUT2D eigenvalue weighted by molar-refractivity contribution is 7.99. The van der Waals surface area contributed by atoms with Gasteiger partial charge >= 0.3 is 5.97 Å². The number of thioether (sulfide) groups is 1. The Hall–Kier alpha value is -1.10. The first-order valence-corrected chi connectivity index (χ1v) is 7.05. The van der Waals surface area contributed by atoms with E-state index in [0.717, 1.165) is 4.90 Å². The second-order valence-electron chi connectivity index (χ2n) is 3.84. The van der Waals surface area contributed by atoms with Gasteiger partial charge in [-0.2, -0.15) is 0 Å². The lowest BCUT2D eigenvalue weighted by atomic mass is 10.3. The lowest BCUT2D eigenvalue weighted by Gasteiger charge is -2.10. The minimum atomic E-state index is -1.08. The van der Waals surface area contributed by atoms with E-state index >= 15 is 0 Å². The molecule has 3 nitrogen and oxygen atoms in total. The predicted octanol–water partition coefficient (Wildman–Crippen LogP) is 5.14. The molecule has 0 aliphatic carbocycles. The van der Waals surface area contributed by atoms with Gasteiger partial charge in [0.25, 0.3) is 0 Å². The topological polar surface area (TPSA) is 50.4 Å². The van der Waals surface area contributed by atoms with E-state index in [0.29, 0.717) is 15.8 Å². The molecule has 0 spiro atoms. The van der Waals surface area contributed by atoms with Crippen LogP contribution < -0.4 is 0 Å². The van der Waals surface area contributed by atoms with Crippen LogP contribution in [0.1, 0.15) is 28.5 Å². The summed E-state index contributed by atoms with van der Waals surface area (Å²) in [6.45, 7) is 1.92. The second kappa shape index (κ2) is 5.90. The van der Waals surface area contributed by atoms with Gasteiger partial charge in [-0.1, -0.05) is 23.2 Å². The summed E-state index contributed by atoms with van der Waals surface area (Å²) < 4.78 is 5.25. The maximum absolute atomic E-state index is 10.8. The lowest BCUT2D eigenvalue weighted by molar-refractivity contribution is 0.0660. The highest BCUT2D eigenvalue weighted by Crippen LogP contribution is 2.39. The first-order chi connectivity index (χ1) is 8.97. The zero-order chi connectivity index (χ0) is 14.0. The van der Waals surface area contributed by atoms with Crippen molar-refractivity contribution in [3.05, 3.63) is 51.9 Å². The van der Waals surface area contributed by atoms with Crippen molar-refractivity contribution in [3.63, 3.8) is 0 Å². The van der Waals surface area contributed by atoms with Crippen LogP contribution in [0.5, 0.6) is 0 Å². The third kappa shape index (κ3) is 3.47. The van der Waals surface area contributed by atoms with Crippen LogP contribution in [0.3, 0.4) is 0 Å². The molecule has 100 valence electrons. The fourth-order valence-electron chi connectivity index (χ4n) is 1.51. The summed E-state index contributed by atoms with van der Waals surface area (Å²) >= 11 is 13.4. The highest BCUT2D eigenvalue weighted by atomic mass is 35.5. The molecular formula is C13H10Cl2O3S. The van der Waals surface area contributed by atoms with Crippen molar-refractivity contribution < 1.29 is 14.3 Å². The monoisotopic (exact) mass is 316 g/mol. The molecule has 1 unspecified atom stereocenters. The van der Waals surface area contributed by atoms with E-state index in [9.17, 15) is 4.79 Å². The first-order valence-electron chi connectivity index (χ1n) is 5.42. The predicted molar refractivity (Wildman–Crippen MR) is 76.4 cm³/mol. The van der Waals surface area contributed by atoms with Crippen molar-refractivity contribution in [3.8, 4) is 0 Å². The fourth-order valence-corrected chi connectivity index (χ4v) is 2.99. The Morgan fingerprint density at radius 3 is 2.63 bits per heavy atom. The quantitative estimate of drug-likeness (QED) is 0.793. The summed E-state index contributed by atoms with van der Waals surface area (Å²) in [5, 5.41) is 9.90. The number of carbonyl (C=O) groups is 1. The number of halogens is 2. The second-order valence-corrected chi connectivity index (χ2v) is 6.07. The van der Waals surface area contributed by atoms with Gasteiger partial charge in [0.2, 0.25) is 5.76 Å². The number of carboxylic acids is 1. The number of aromatic carboxylic acids is 1. The molecule has 1 heterocycles. The van der Waals surface area contributed by atoms with Gasteiger partial charge in [0.1, 0.15) is 5.76 Å². The van der Waals surface area contributed by atoms with Crippen molar-refractivity contribution in [2.75, 3.05) is 0 Å². The van der Waals surface area contributed by atoms with E-state index < -0.39 is 5.97 Å². The smallest absolute Gasteiger partial charge is 0.371 e. The van der Waals surface area contributed by atoms with E-state index in [1.807, 2.05) is 13.0 Å². The van der Waals surface area contributed by atoms with Gasteiger partial charge in [-0.3, -0.25) is 0 Å². The van der Waals surface area contributed by atoms with Crippen LogP contribution in [-0.4, -0.2) is 11.1 Å². The van der Waals surface area contributed by atoms with Crippen LogP contribution in [0.2, 0.25) is 10.0 Å². The molecule has 1 aromatic heterocycles. The first kappa shape index (κ1) is 14.3. The Morgan fingerprint density at radius 1 is 1.32 bits per heavy atom. The minimum Gasteiger partial charge on any atom is -0.475 e. The standard InChI is InChI=1S/C13H10Cl2O3S/c1-7(10-3-4-11(18-10)13(16)17)19-12-5-2-8(14)6-9(12)15/h2-7H,1H3,(H,16,17). The molecule has 0 radical (unpaired) electrons. The van der Waals surface area contributed by atoms with E-state index in [4.69, 9.17) is 32.7 Å². The summed E-state index contributed by atoms with van der Waals surface area (Å²) in [6.07, 6.45) is 0. The van der Waals surface area contributed by atoms with Crippen LogP contribution in [0.15, 0.2) is 39.6 Å². The normalized spacial score (nSPS) is 12.4. The molecule has 0 amide bonds. The number of benzene rings is 1. The van der Waals surface area contributed by atoms with Crippen molar-refractivity contribution >= 4 is 40.9 Å². The zero-order valence-electron chi connectivity index (χ0n) is 9.89. The SMILES string of the molecule is CC(Sc1ccc(Cl)cc1Cl)c1ccc(C(=O)O)o1. The minimum absolute atomic E-state index is 0.0493. The van der Waals surface area contributed by atoms with Gasteiger partial charge in [0, 0.05) is 9.92 Å². The average Bonchev–Trinajstić information content (AvgIpc) is 2.82. The molecule has 6 heteroatoms. The Labute approximate surface area is 124 Å². The molecule has 0 aliphatic rings. The van der Waals surface area contributed by atoms with Crippen molar-refractivity contribution in [1.82, 2.24) is 0 Å². The molecule has 1 N–H and O–H groups in total. The Balaban J connectivity index is 2.15. The Kier molecular flexibility index (Phi) is 4.45. The molecule has 2 aromatic rings. The summed E-state index contributed by atoms with van der Waals surface area (Å²) in [4.78, 5) is 11.6. The molecule has 0 saturated heterocycles. The fraction of sp³-hybridized carbons (Fsp3) is 0.154.